The molecule has 0 amide bonds. The molecule has 0 N–H and O–H groups in total. The number of benzene rings is 2. The molecule has 0 spiro atoms. The van der Waals surface area contributed by atoms with Crippen LogP contribution in [0.4, 0.5) is 0 Å². The van der Waals surface area contributed by atoms with Gasteiger partial charge in [-0.3, -0.25) is 19.4 Å². The molecule has 0 heterocycles. The van der Waals surface area contributed by atoms with Gasteiger partial charge in [0, 0.05) is 26.2 Å². The first-order valence-corrected chi connectivity index (χ1v) is 12.4. The summed E-state index contributed by atoms with van der Waals surface area (Å²) in [6.07, 6.45) is 0. The standard InChI is InChI=1S/C28H40N2O10/c1-33-21-11-19(12-22(34-2)27(21)39-7)15-29(17-25(31)37-5)9-10-30(18-26(32)38-6)16-20-13-23(35-3)28(40-8)24(14-20)36-4/h11-14H,9-10,15-18H2,1-8H3. The van der Waals surface area contributed by atoms with E-state index in [1.165, 1.54) is 28.4 Å². The zero-order valence-electron chi connectivity index (χ0n) is 24.5. The largest absolute Gasteiger partial charge is 0.493 e. The Balaban J connectivity index is 2.32. The highest BCUT2D eigenvalue weighted by atomic mass is 16.5. The van der Waals surface area contributed by atoms with Gasteiger partial charge in [0.25, 0.3) is 0 Å². The highest BCUT2D eigenvalue weighted by Crippen LogP contribution is 2.39. The van der Waals surface area contributed by atoms with Crippen LogP contribution in [0.15, 0.2) is 24.3 Å². The fourth-order valence-corrected chi connectivity index (χ4v) is 4.17. The molecule has 0 atom stereocenters. The van der Waals surface area contributed by atoms with Crippen molar-refractivity contribution in [2.75, 3.05) is 83.1 Å². The van der Waals surface area contributed by atoms with Crippen LogP contribution in [0.25, 0.3) is 0 Å². The molecular formula is C28H40N2O10. The molecule has 0 aliphatic rings. The molecule has 0 saturated heterocycles. The van der Waals surface area contributed by atoms with E-state index in [0.717, 1.165) is 11.1 Å². The molecule has 12 heteroatoms. The van der Waals surface area contributed by atoms with Crippen LogP contribution in [0.5, 0.6) is 34.5 Å². The summed E-state index contributed by atoms with van der Waals surface area (Å²) < 4.78 is 42.6. The van der Waals surface area contributed by atoms with E-state index in [4.69, 9.17) is 37.9 Å². The van der Waals surface area contributed by atoms with Gasteiger partial charge in [-0.1, -0.05) is 0 Å². The Morgan fingerprint density at radius 1 is 0.525 bits per heavy atom. The van der Waals surface area contributed by atoms with E-state index < -0.39 is 11.9 Å². The highest BCUT2D eigenvalue weighted by molar-refractivity contribution is 5.72. The number of hydrogen-bond donors (Lipinski definition) is 0. The van der Waals surface area contributed by atoms with Crippen LogP contribution in [-0.4, -0.2) is 105 Å². The van der Waals surface area contributed by atoms with Crippen molar-refractivity contribution in [3.05, 3.63) is 35.4 Å². The van der Waals surface area contributed by atoms with Crippen molar-refractivity contribution >= 4 is 11.9 Å². The number of carbonyl (C=O) groups excluding carboxylic acids is 2. The Hall–Kier alpha value is -3.90. The molecule has 222 valence electrons. The number of carbonyl (C=O) groups is 2. The number of ether oxygens (including phenoxy) is 8. The average Bonchev–Trinajstić information content (AvgIpc) is 2.98. The molecule has 12 nitrogen and oxygen atoms in total. The average molecular weight is 565 g/mol. The highest BCUT2D eigenvalue weighted by Gasteiger charge is 2.21. The van der Waals surface area contributed by atoms with Gasteiger partial charge in [0.2, 0.25) is 11.5 Å². The van der Waals surface area contributed by atoms with E-state index in [1.807, 2.05) is 34.1 Å². The van der Waals surface area contributed by atoms with Gasteiger partial charge in [-0.2, -0.15) is 0 Å². The maximum absolute atomic E-state index is 12.3. The van der Waals surface area contributed by atoms with E-state index in [0.29, 0.717) is 60.7 Å². The van der Waals surface area contributed by atoms with E-state index in [9.17, 15) is 9.59 Å². The van der Waals surface area contributed by atoms with Crippen LogP contribution < -0.4 is 28.4 Å². The van der Waals surface area contributed by atoms with Gasteiger partial charge in [-0.05, 0) is 35.4 Å². The lowest BCUT2D eigenvalue weighted by Crippen LogP contribution is -2.39. The molecule has 0 radical (unpaired) electrons. The van der Waals surface area contributed by atoms with Gasteiger partial charge in [0.05, 0.1) is 70.0 Å². The molecular weight excluding hydrogens is 524 g/mol. The third-order valence-corrected chi connectivity index (χ3v) is 6.15. The summed E-state index contributed by atoms with van der Waals surface area (Å²) >= 11 is 0. The zero-order chi connectivity index (χ0) is 29.7. The van der Waals surface area contributed by atoms with Crippen LogP contribution in [-0.2, 0) is 32.2 Å². The van der Waals surface area contributed by atoms with Crippen molar-refractivity contribution in [1.29, 1.82) is 0 Å². The van der Waals surface area contributed by atoms with Crippen molar-refractivity contribution in [2.45, 2.75) is 13.1 Å². The molecule has 0 saturated carbocycles. The smallest absolute Gasteiger partial charge is 0.319 e. The monoisotopic (exact) mass is 564 g/mol. The van der Waals surface area contributed by atoms with Crippen molar-refractivity contribution in [2.24, 2.45) is 0 Å². The predicted molar refractivity (Wildman–Crippen MR) is 147 cm³/mol. The van der Waals surface area contributed by atoms with Crippen molar-refractivity contribution in [1.82, 2.24) is 9.80 Å². The van der Waals surface area contributed by atoms with Gasteiger partial charge in [0.1, 0.15) is 0 Å². The summed E-state index contributed by atoms with van der Waals surface area (Å²) in [5.41, 5.74) is 1.67. The van der Waals surface area contributed by atoms with Crippen molar-refractivity contribution in [3.8, 4) is 34.5 Å². The van der Waals surface area contributed by atoms with Crippen molar-refractivity contribution in [3.63, 3.8) is 0 Å². The molecule has 0 unspecified atom stereocenters. The van der Waals surface area contributed by atoms with Gasteiger partial charge in [0.15, 0.2) is 23.0 Å². The SMILES string of the molecule is COC(=O)CN(CCN(CC(=O)OC)Cc1cc(OC)c(OC)c(OC)c1)Cc1cc(OC)c(OC)c(OC)c1. The summed E-state index contributed by atoms with van der Waals surface area (Å²) in [6.45, 7) is 1.66. The Morgan fingerprint density at radius 2 is 0.825 bits per heavy atom. The van der Waals surface area contributed by atoms with Crippen LogP contribution in [0, 0.1) is 0 Å². The fraction of sp³-hybridized carbons (Fsp3) is 0.500. The molecule has 0 aliphatic carbocycles. The summed E-state index contributed by atoms with van der Waals surface area (Å²) in [7, 11) is 11.9. The molecule has 2 rings (SSSR count). The Kier molecular flexibility index (Phi) is 13.1. The van der Waals surface area contributed by atoms with Crippen molar-refractivity contribution < 1.29 is 47.5 Å². The Bertz CT molecular complexity index is 987. The maximum atomic E-state index is 12.3. The summed E-state index contributed by atoms with van der Waals surface area (Å²) in [5, 5.41) is 0. The Morgan fingerprint density at radius 3 is 1.05 bits per heavy atom. The summed E-state index contributed by atoms with van der Waals surface area (Å²) in [6, 6.07) is 7.31. The second-order valence-corrected chi connectivity index (χ2v) is 8.64. The van der Waals surface area contributed by atoms with Gasteiger partial charge >= 0.3 is 11.9 Å². The first kappa shape index (κ1) is 32.3. The van der Waals surface area contributed by atoms with Crippen LogP contribution in [0.2, 0.25) is 0 Å². The molecule has 2 aromatic rings. The molecule has 0 fully saturated rings. The topological polar surface area (TPSA) is 114 Å². The number of methoxy groups -OCH3 is 8. The molecule has 0 bridgehead atoms. The summed E-state index contributed by atoms with van der Waals surface area (Å²) in [4.78, 5) is 28.3. The minimum absolute atomic E-state index is 0.0312. The third-order valence-electron chi connectivity index (χ3n) is 6.15. The normalized spacial score (nSPS) is 10.8. The van der Waals surface area contributed by atoms with Gasteiger partial charge in [-0.15, -0.1) is 0 Å². The van der Waals surface area contributed by atoms with E-state index in [1.54, 1.807) is 28.4 Å². The second-order valence-electron chi connectivity index (χ2n) is 8.64. The molecule has 0 aliphatic heterocycles. The zero-order valence-corrected chi connectivity index (χ0v) is 24.5. The van der Waals surface area contributed by atoms with Crippen LogP contribution >= 0.6 is 0 Å². The first-order valence-electron chi connectivity index (χ1n) is 12.4. The minimum Gasteiger partial charge on any atom is -0.493 e. The Labute approximate surface area is 235 Å². The molecule has 2 aromatic carbocycles. The lowest BCUT2D eigenvalue weighted by atomic mass is 10.1. The number of esters is 2. The van der Waals surface area contributed by atoms with Gasteiger partial charge < -0.3 is 37.9 Å². The predicted octanol–water partition coefficient (Wildman–Crippen LogP) is 2.39. The maximum Gasteiger partial charge on any atom is 0.319 e. The first-order chi connectivity index (χ1) is 19.3. The van der Waals surface area contributed by atoms with E-state index in [-0.39, 0.29) is 13.1 Å². The number of nitrogens with zero attached hydrogens (tertiary/aromatic N) is 2. The quantitative estimate of drug-likeness (QED) is 0.263. The van der Waals surface area contributed by atoms with Gasteiger partial charge in [-0.25, -0.2) is 0 Å². The lowest BCUT2D eigenvalue weighted by molar-refractivity contribution is -0.143. The van der Waals surface area contributed by atoms with Crippen LogP contribution in [0.1, 0.15) is 11.1 Å². The second kappa shape index (κ2) is 16.3. The number of hydrogen-bond acceptors (Lipinski definition) is 12. The van der Waals surface area contributed by atoms with E-state index in [2.05, 4.69) is 0 Å². The minimum atomic E-state index is -0.392. The summed E-state index contributed by atoms with van der Waals surface area (Å²) in [5.74, 6) is 2.18. The van der Waals surface area contributed by atoms with E-state index >= 15 is 0 Å². The lowest BCUT2D eigenvalue weighted by Gasteiger charge is -2.27. The molecule has 40 heavy (non-hydrogen) atoms. The molecule has 0 aromatic heterocycles. The number of rotatable bonds is 17. The third kappa shape index (κ3) is 8.82. The fourth-order valence-electron chi connectivity index (χ4n) is 4.17. The van der Waals surface area contributed by atoms with Crippen LogP contribution in [0.3, 0.4) is 0 Å².